The lowest BCUT2D eigenvalue weighted by molar-refractivity contribution is 0.798. The molecule has 0 aliphatic carbocycles. The highest BCUT2D eigenvalue weighted by Crippen LogP contribution is 2.17. The first-order chi connectivity index (χ1) is 5.83. The van der Waals surface area contributed by atoms with E-state index in [-0.39, 0.29) is 5.02 Å². The first-order valence-corrected chi connectivity index (χ1v) is 3.45. The summed E-state index contributed by atoms with van der Waals surface area (Å²) >= 11 is 5.80. The zero-order chi connectivity index (χ0) is 8.55. The van der Waals surface area contributed by atoms with E-state index in [2.05, 4.69) is 15.2 Å². The maximum absolute atomic E-state index is 8.58. The third-order valence-corrected chi connectivity index (χ3v) is 1.75. The van der Waals surface area contributed by atoms with Crippen LogP contribution in [0.1, 0.15) is 5.56 Å². The van der Waals surface area contributed by atoms with Gasteiger partial charge in [0.15, 0.2) is 5.65 Å². The molecule has 0 atom stereocenters. The smallest absolute Gasteiger partial charge is 0.196 e. The minimum absolute atomic E-state index is 0.282. The molecule has 0 saturated carbocycles. The average molecular weight is 180 g/mol. The molecule has 2 heterocycles. The Morgan fingerprint density at radius 3 is 3.08 bits per heavy atom. The summed E-state index contributed by atoms with van der Waals surface area (Å²) in [6.45, 7) is 0. The summed E-state index contributed by atoms with van der Waals surface area (Å²) in [5, 5.41) is 16.4. The number of hydrogen-bond acceptors (Lipinski definition) is 4. The number of nitrogens with zero attached hydrogens (tertiary/aromatic N) is 5. The summed E-state index contributed by atoms with van der Waals surface area (Å²) in [6, 6.07) is 1.90. The Balaban J connectivity index is 2.89. The van der Waals surface area contributed by atoms with Crippen molar-refractivity contribution in [3.05, 3.63) is 23.1 Å². The van der Waals surface area contributed by atoms with E-state index >= 15 is 0 Å². The molecule has 0 saturated heterocycles. The summed E-state index contributed by atoms with van der Waals surface area (Å²) in [4.78, 5) is 3.83. The molecule has 2 aromatic heterocycles. The van der Waals surface area contributed by atoms with Crippen molar-refractivity contribution in [2.75, 3.05) is 0 Å². The molecule has 0 radical (unpaired) electrons. The number of hydrogen-bond donors (Lipinski definition) is 0. The molecule has 0 unspecified atom stereocenters. The van der Waals surface area contributed by atoms with Gasteiger partial charge in [-0.3, -0.25) is 0 Å². The summed E-state index contributed by atoms with van der Waals surface area (Å²) in [7, 11) is 0. The molecule has 0 N–H and O–H groups in total. The van der Waals surface area contributed by atoms with Crippen LogP contribution in [0.2, 0.25) is 5.02 Å². The molecule has 6 heteroatoms. The average Bonchev–Trinajstić information content (AvgIpc) is 2.53. The van der Waals surface area contributed by atoms with Crippen LogP contribution in [0.15, 0.2) is 12.5 Å². The fraction of sp³-hybridized carbons (Fsp3) is 0. The lowest BCUT2D eigenvalue weighted by Crippen LogP contribution is -1.95. The predicted octanol–water partition coefficient (Wildman–Crippen LogP) is 0.649. The fourth-order valence-corrected chi connectivity index (χ4v) is 1.05. The Morgan fingerprint density at radius 2 is 2.33 bits per heavy atom. The minimum atomic E-state index is 0.282. The van der Waals surface area contributed by atoms with E-state index in [0.717, 1.165) is 0 Å². The Bertz CT molecular complexity index is 468. The fourth-order valence-electron chi connectivity index (χ4n) is 0.832. The molecule has 0 aliphatic rings. The van der Waals surface area contributed by atoms with Gasteiger partial charge in [-0.25, -0.2) is 4.98 Å². The summed E-state index contributed by atoms with van der Waals surface area (Å²) in [5.41, 5.74) is 0.702. The van der Waals surface area contributed by atoms with Crippen LogP contribution in [0.4, 0.5) is 0 Å². The molecule has 12 heavy (non-hydrogen) atoms. The molecule has 2 rings (SSSR count). The van der Waals surface area contributed by atoms with Crippen molar-refractivity contribution >= 4 is 17.2 Å². The van der Waals surface area contributed by atoms with Crippen LogP contribution in [-0.4, -0.2) is 19.8 Å². The van der Waals surface area contributed by atoms with Gasteiger partial charge in [0.1, 0.15) is 17.4 Å². The number of nitriles is 1. The van der Waals surface area contributed by atoms with Gasteiger partial charge in [0, 0.05) is 0 Å². The molecule has 58 valence electrons. The first-order valence-electron chi connectivity index (χ1n) is 3.07. The highest BCUT2D eigenvalue weighted by Gasteiger charge is 2.07. The van der Waals surface area contributed by atoms with Gasteiger partial charge < -0.3 is 0 Å². The maximum Gasteiger partial charge on any atom is 0.196 e. The minimum Gasteiger partial charge on any atom is -0.212 e. The third-order valence-electron chi connectivity index (χ3n) is 1.38. The summed E-state index contributed by atoms with van der Waals surface area (Å²) in [6.07, 6.45) is 2.68. The molecule has 0 aromatic carbocycles. The van der Waals surface area contributed by atoms with Crippen LogP contribution >= 0.6 is 11.6 Å². The molecule has 0 aliphatic heterocycles. The van der Waals surface area contributed by atoms with Gasteiger partial charge >= 0.3 is 0 Å². The molecular formula is C6H2ClN5. The van der Waals surface area contributed by atoms with E-state index < -0.39 is 0 Å². The molecule has 5 nitrogen and oxygen atoms in total. The van der Waals surface area contributed by atoms with Gasteiger partial charge in [0.05, 0.1) is 11.8 Å². The lowest BCUT2D eigenvalue weighted by atomic mass is 10.3. The van der Waals surface area contributed by atoms with E-state index in [1.165, 1.54) is 17.2 Å². The number of rotatable bonds is 0. The normalized spacial score (nSPS) is 10.0. The van der Waals surface area contributed by atoms with E-state index in [9.17, 15) is 0 Å². The SMILES string of the molecule is N#Cc1cnn2ncnc2c1Cl. The zero-order valence-corrected chi connectivity index (χ0v) is 6.52. The predicted molar refractivity (Wildman–Crippen MR) is 40.5 cm³/mol. The van der Waals surface area contributed by atoms with Crippen molar-refractivity contribution < 1.29 is 0 Å². The van der Waals surface area contributed by atoms with Crippen molar-refractivity contribution in [3.63, 3.8) is 0 Å². The van der Waals surface area contributed by atoms with Gasteiger partial charge in [0.25, 0.3) is 0 Å². The third kappa shape index (κ3) is 0.822. The first kappa shape index (κ1) is 7.00. The van der Waals surface area contributed by atoms with E-state index in [1.807, 2.05) is 6.07 Å². The largest absolute Gasteiger partial charge is 0.212 e. The molecule has 0 spiro atoms. The Kier molecular flexibility index (Phi) is 1.42. The number of aromatic nitrogens is 4. The molecule has 0 fully saturated rings. The van der Waals surface area contributed by atoms with Gasteiger partial charge in [-0.1, -0.05) is 11.6 Å². The lowest BCUT2D eigenvalue weighted by Gasteiger charge is -1.93. The van der Waals surface area contributed by atoms with E-state index in [4.69, 9.17) is 16.9 Å². The monoisotopic (exact) mass is 179 g/mol. The van der Waals surface area contributed by atoms with Gasteiger partial charge in [-0.05, 0) is 0 Å². The molecule has 0 bridgehead atoms. The highest BCUT2D eigenvalue weighted by molar-refractivity contribution is 6.34. The van der Waals surface area contributed by atoms with Gasteiger partial charge in [-0.2, -0.15) is 10.4 Å². The standard InChI is InChI=1S/C6H2ClN5/c7-5-4(1-8)2-10-12-6(5)9-3-11-12/h2-3H. The van der Waals surface area contributed by atoms with Crippen LogP contribution in [0.5, 0.6) is 0 Å². The second-order valence-electron chi connectivity index (χ2n) is 2.06. The van der Waals surface area contributed by atoms with Crippen LogP contribution in [0.25, 0.3) is 5.65 Å². The van der Waals surface area contributed by atoms with Crippen molar-refractivity contribution in [1.82, 2.24) is 19.8 Å². The van der Waals surface area contributed by atoms with Crippen molar-refractivity contribution in [2.24, 2.45) is 0 Å². The quantitative estimate of drug-likeness (QED) is 0.596. The van der Waals surface area contributed by atoms with Crippen molar-refractivity contribution in [1.29, 1.82) is 5.26 Å². The molecule has 0 amide bonds. The Morgan fingerprint density at radius 1 is 1.50 bits per heavy atom. The Hall–Kier alpha value is -1.67. The second-order valence-corrected chi connectivity index (χ2v) is 2.44. The van der Waals surface area contributed by atoms with Crippen molar-refractivity contribution in [2.45, 2.75) is 0 Å². The second kappa shape index (κ2) is 2.43. The van der Waals surface area contributed by atoms with Crippen molar-refractivity contribution in [3.8, 4) is 6.07 Å². The van der Waals surface area contributed by atoms with E-state index in [1.54, 1.807) is 0 Å². The summed E-state index contributed by atoms with van der Waals surface area (Å²) < 4.78 is 1.27. The van der Waals surface area contributed by atoms with Gasteiger partial charge in [-0.15, -0.1) is 9.73 Å². The molecule has 2 aromatic rings. The Labute approximate surface area is 72.2 Å². The van der Waals surface area contributed by atoms with Gasteiger partial charge in [0.2, 0.25) is 0 Å². The van der Waals surface area contributed by atoms with Crippen LogP contribution in [-0.2, 0) is 0 Å². The topological polar surface area (TPSA) is 66.9 Å². The number of halogens is 1. The molecular weight excluding hydrogens is 178 g/mol. The van der Waals surface area contributed by atoms with Crippen LogP contribution in [0.3, 0.4) is 0 Å². The highest BCUT2D eigenvalue weighted by atomic mass is 35.5. The number of fused-ring (bicyclic) bond motifs is 1. The van der Waals surface area contributed by atoms with Crippen LogP contribution in [0, 0.1) is 11.3 Å². The maximum atomic E-state index is 8.58. The zero-order valence-electron chi connectivity index (χ0n) is 5.77. The van der Waals surface area contributed by atoms with E-state index in [0.29, 0.717) is 11.2 Å². The van der Waals surface area contributed by atoms with Crippen LogP contribution < -0.4 is 0 Å². The summed E-state index contributed by atoms with van der Waals surface area (Å²) in [5.74, 6) is 0.